The second-order valence-corrected chi connectivity index (χ2v) is 7.73. The Bertz CT molecular complexity index is 962. The molecule has 1 aromatic heterocycles. The van der Waals surface area contributed by atoms with Gasteiger partial charge in [0, 0.05) is 42.3 Å². The maximum atomic E-state index is 12.7. The molecule has 1 fully saturated rings. The second-order valence-electron chi connectivity index (χ2n) is 7.73. The summed E-state index contributed by atoms with van der Waals surface area (Å²) in [5.74, 6) is 0. The SMILES string of the molecule is CC/C(C)=C(/C=C1/C=C(c2cnccc2CC)C=C(N)C1=N)NC(=O)N1CCCC1. The molecule has 4 N–H and O–H groups in total. The summed E-state index contributed by atoms with van der Waals surface area (Å²) in [5.41, 5.74) is 12.5. The van der Waals surface area contributed by atoms with E-state index in [1.54, 1.807) is 6.20 Å². The first kappa shape index (κ1) is 21.6. The van der Waals surface area contributed by atoms with Gasteiger partial charge in [-0.1, -0.05) is 13.8 Å². The quantitative estimate of drug-likeness (QED) is 0.681. The highest BCUT2D eigenvalue weighted by Crippen LogP contribution is 2.28. The van der Waals surface area contributed by atoms with E-state index in [9.17, 15) is 4.79 Å². The standard InChI is InChI=1S/C24H31N5O/c1-4-16(3)22(28-24(30)29-10-6-7-11-29)14-19-12-18(13-21(25)23(19)26)20-15-27-9-8-17(20)5-2/h8-9,12-15,26H,4-7,10-11,25H2,1-3H3,(H,28,30)/b19-14-,22-16-,26-23?. The number of allylic oxidation sites excluding steroid dienone is 6. The van der Waals surface area contributed by atoms with Crippen LogP contribution in [0.15, 0.2) is 59.2 Å². The van der Waals surface area contributed by atoms with Crippen LogP contribution in [0.1, 0.15) is 51.2 Å². The Morgan fingerprint density at radius 1 is 1.30 bits per heavy atom. The Hall–Kier alpha value is -3.15. The molecule has 1 aliphatic heterocycles. The number of hydrogen-bond acceptors (Lipinski definition) is 4. The fourth-order valence-electron chi connectivity index (χ4n) is 3.67. The smallest absolute Gasteiger partial charge is 0.321 e. The molecule has 158 valence electrons. The fourth-order valence-corrected chi connectivity index (χ4v) is 3.67. The van der Waals surface area contributed by atoms with Gasteiger partial charge in [0.1, 0.15) is 0 Å². The van der Waals surface area contributed by atoms with Crippen molar-refractivity contribution in [1.29, 1.82) is 5.41 Å². The van der Waals surface area contributed by atoms with Crippen LogP contribution < -0.4 is 11.1 Å². The first-order valence-corrected chi connectivity index (χ1v) is 10.6. The molecule has 2 heterocycles. The average Bonchev–Trinajstić information content (AvgIpc) is 3.30. The third-order valence-electron chi connectivity index (χ3n) is 5.73. The van der Waals surface area contributed by atoms with E-state index >= 15 is 0 Å². The molecular formula is C24H31N5O. The third kappa shape index (κ3) is 4.70. The van der Waals surface area contributed by atoms with Crippen LogP contribution >= 0.6 is 0 Å². The number of urea groups is 1. The number of likely N-dealkylation sites (tertiary alicyclic amines) is 1. The average molecular weight is 406 g/mol. The molecule has 6 heteroatoms. The van der Waals surface area contributed by atoms with Crippen molar-refractivity contribution in [1.82, 2.24) is 15.2 Å². The van der Waals surface area contributed by atoms with Crippen LogP contribution in [0.5, 0.6) is 0 Å². The van der Waals surface area contributed by atoms with E-state index in [-0.39, 0.29) is 11.7 Å². The van der Waals surface area contributed by atoms with Crippen molar-refractivity contribution in [3.63, 3.8) is 0 Å². The predicted molar refractivity (Wildman–Crippen MR) is 122 cm³/mol. The number of nitrogens with two attached hydrogens (primary N) is 1. The molecule has 0 unspecified atom stereocenters. The molecule has 1 aliphatic carbocycles. The zero-order valence-electron chi connectivity index (χ0n) is 18.1. The van der Waals surface area contributed by atoms with Gasteiger partial charge < -0.3 is 16.0 Å². The Kier molecular flexibility index (Phi) is 6.87. The Balaban J connectivity index is 1.98. The largest absolute Gasteiger partial charge is 0.397 e. The van der Waals surface area contributed by atoms with Crippen LogP contribution in [0.3, 0.4) is 0 Å². The maximum Gasteiger partial charge on any atom is 0.321 e. The number of amides is 2. The lowest BCUT2D eigenvalue weighted by Gasteiger charge is -2.20. The highest BCUT2D eigenvalue weighted by Gasteiger charge is 2.20. The maximum absolute atomic E-state index is 12.7. The van der Waals surface area contributed by atoms with Crippen LogP contribution in [-0.4, -0.2) is 34.7 Å². The number of hydrogen-bond donors (Lipinski definition) is 3. The van der Waals surface area contributed by atoms with Crippen molar-refractivity contribution in [3.8, 4) is 0 Å². The van der Waals surface area contributed by atoms with Crippen molar-refractivity contribution >= 4 is 17.3 Å². The van der Waals surface area contributed by atoms with Crippen LogP contribution in [0.2, 0.25) is 0 Å². The van der Waals surface area contributed by atoms with Crippen molar-refractivity contribution in [3.05, 3.63) is 70.4 Å². The molecule has 6 nitrogen and oxygen atoms in total. The molecule has 30 heavy (non-hydrogen) atoms. The lowest BCUT2D eigenvalue weighted by Crippen LogP contribution is -2.37. The summed E-state index contributed by atoms with van der Waals surface area (Å²) >= 11 is 0. The summed E-state index contributed by atoms with van der Waals surface area (Å²) in [6.45, 7) is 7.74. The van der Waals surface area contributed by atoms with Crippen molar-refractivity contribution in [2.45, 2.75) is 46.5 Å². The lowest BCUT2D eigenvalue weighted by atomic mass is 9.90. The van der Waals surface area contributed by atoms with Gasteiger partial charge in [-0.3, -0.25) is 10.4 Å². The molecule has 1 saturated heterocycles. The summed E-state index contributed by atoms with van der Waals surface area (Å²) in [6.07, 6.45) is 13.1. The van der Waals surface area contributed by atoms with Crippen molar-refractivity contribution in [2.24, 2.45) is 5.73 Å². The van der Waals surface area contributed by atoms with Crippen LogP contribution in [0.25, 0.3) is 5.57 Å². The Labute approximate surface area is 178 Å². The third-order valence-corrected chi connectivity index (χ3v) is 5.73. The van der Waals surface area contributed by atoms with Gasteiger partial charge in [-0.25, -0.2) is 4.79 Å². The number of pyridine rings is 1. The summed E-state index contributed by atoms with van der Waals surface area (Å²) in [5, 5.41) is 11.5. The minimum absolute atomic E-state index is 0.0808. The van der Waals surface area contributed by atoms with E-state index in [4.69, 9.17) is 11.1 Å². The number of nitrogens with one attached hydrogen (secondary N) is 2. The zero-order valence-corrected chi connectivity index (χ0v) is 18.1. The number of carbonyl (C=O) groups excluding carboxylic acids is 1. The van der Waals surface area contributed by atoms with Crippen LogP contribution in [0.4, 0.5) is 4.79 Å². The first-order chi connectivity index (χ1) is 14.4. The van der Waals surface area contributed by atoms with Gasteiger partial charge >= 0.3 is 6.03 Å². The number of nitrogens with zero attached hydrogens (tertiary/aromatic N) is 2. The predicted octanol–water partition coefficient (Wildman–Crippen LogP) is 4.32. The molecule has 3 rings (SSSR count). The number of aromatic nitrogens is 1. The van der Waals surface area contributed by atoms with Gasteiger partial charge in [-0.05, 0) is 73.6 Å². The highest BCUT2D eigenvalue weighted by molar-refractivity contribution is 6.16. The number of carbonyl (C=O) groups is 1. The summed E-state index contributed by atoms with van der Waals surface area (Å²) in [4.78, 5) is 18.8. The molecule has 0 saturated carbocycles. The zero-order chi connectivity index (χ0) is 21.7. The van der Waals surface area contributed by atoms with Crippen LogP contribution in [0, 0.1) is 5.41 Å². The normalized spacial score (nSPS) is 18.8. The molecule has 0 spiro atoms. The fraction of sp³-hybridized carbons (Fsp3) is 0.375. The van der Waals surface area contributed by atoms with E-state index in [0.29, 0.717) is 11.3 Å². The van der Waals surface area contributed by atoms with Crippen molar-refractivity contribution in [2.75, 3.05) is 13.1 Å². The molecular weight excluding hydrogens is 374 g/mol. The number of rotatable bonds is 5. The first-order valence-electron chi connectivity index (χ1n) is 10.6. The van der Waals surface area contributed by atoms with E-state index in [1.165, 1.54) is 5.56 Å². The lowest BCUT2D eigenvalue weighted by molar-refractivity contribution is 0.212. The van der Waals surface area contributed by atoms with Crippen LogP contribution in [-0.2, 0) is 6.42 Å². The van der Waals surface area contributed by atoms with E-state index in [2.05, 4.69) is 24.1 Å². The second kappa shape index (κ2) is 9.57. The topological polar surface area (TPSA) is 95.1 Å². The monoisotopic (exact) mass is 405 g/mol. The minimum Gasteiger partial charge on any atom is -0.397 e. The molecule has 2 amide bonds. The summed E-state index contributed by atoms with van der Waals surface area (Å²) in [7, 11) is 0. The van der Waals surface area contributed by atoms with Gasteiger partial charge in [0.2, 0.25) is 0 Å². The molecule has 0 bridgehead atoms. The number of aryl methyl sites for hydroxylation is 1. The van der Waals surface area contributed by atoms with E-state index in [1.807, 2.05) is 42.3 Å². The molecule has 0 atom stereocenters. The summed E-state index contributed by atoms with van der Waals surface area (Å²) < 4.78 is 0. The molecule has 1 aromatic rings. The molecule has 0 aromatic carbocycles. The van der Waals surface area contributed by atoms with Gasteiger partial charge in [0.15, 0.2) is 0 Å². The van der Waals surface area contributed by atoms with Gasteiger partial charge in [-0.2, -0.15) is 0 Å². The Morgan fingerprint density at radius 2 is 2.03 bits per heavy atom. The van der Waals surface area contributed by atoms with Gasteiger partial charge in [0.25, 0.3) is 0 Å². The van der Waals surface area contributed by atoms with E-state index < -0.39 is 0 Å². The molecule has 0 radical (unpaired) electrons. The molecule has 2 aliphatic rings. The van der Waals surface area contributed by atoms with Gasteiger partial charge in [0.05, 0.1) is 11.4 Å². The van der Waals surface area contributed by atoms with E-state index in [0.717, 1.165) is 61.2 Å². The van der Waals surface area contributed by atoms with Gasteiger partial charge in [-0.15, -0.1) is 0 Å². The highest BCUT2D eigenvalue weighted by atomic mass is 16.2. The Morgan fingerprint density at radius 3 is 2.70 bits per heavy atom. The minimum atomic E-state index is -0.0808. The summed E-state index contributed by atoms with van der Waals surface area (Å²) in [6, 6.07) is 1.93. The van der Waals surface area contributed by atoms with Crippen molar-refractivity contribution < 1.29 is 4.79 Å².